The van der Waals surface area contributed by atoms with Gasteiger partial charge in [0.1, 0.15) is 0 Å². The summed E-state index contributed by atoms with van der Waals surface area (Å²) in [6.45, 7) is 4.39. The van der Waals surface area contributed by atoms with E-state index in [4.69, 9.17) is 12.2 Å². The van der Waals surface area contributed by atoms with Crippen LogP contribution in [-0.2, 0) is 0 Å². The highest BCUT2D eigenvalue weighted by Gasteiger charge is 2.11. The van der Waals surface area contributed by atoms with E-state index in [-0.39, 0.29) is 0 Å². The van der Waals surface area contributed by atoms with Crippen LogP contribution >= 0.6 is 23.6 Å². The average molecular weight is 217 g/mol. The Balaban J connectivity index is 2.67. The lowest BCUT2D eigenvalue weighted by molar-refractivity contribution is 0.613. The smallest absolute Gasteiger partial charge is 0.206 e. The molecule has 5 heteroatoms. The molecular formula is C8H15N3S2. The molecule has 13 heavy (non-hydrogen) atoms. The van der Waals surface area contributed by atoms with Crippen molar-refractivity contribution in [3.05, 3.63) is 3.95 Å². The van der Waals surface area contributed by atoms with Crippen molar-refractivity contribution in [2.75, 3.05) is 11.9 Å². The number of aromatic amines is 1. The Morgan fingerprint density at radius 1 is 1.69 bits per heavy atom. The third-order valence-electron chi connectivity index (χ3n) is 2.10. The lowest BCUT2D eigenvalue weighted by atomic mass is 10.2. The molecule has 3 nitrogen and oxygen atoms in total. The van der Waals surface area contributed by atoms with Gasteiger partial charge in [0.2, 0.25) is 5.13 Å². The van der Waals surface area contributed by atoms with Crippen LogP contribution in [-0.4, -0.2) is 23.3 Å². The Morgan fingerprint density at radius 3 is 2.85 bits per heavy atom. The van der Waals surface area contributed by atoms with Crippen LogP contribution < -0.4 is 4.90 Å². The fourth-order valence-electron chi connectivity index (χ4n) is 1.17. The molecule has 1 unspecified atom stereocenters. The number of hydrogen-bond donors (Lipinski definition) is 1. The predicted molar refractivity (Wildman–Crippen MR) is 60.1 cm³/mol. The molecule has 0 bridgehead atoms. The second kappa shape index (κ2) is 4.72. The molecule has 0 saturated carbocycles. The van der Waals surface area contributed by atoms with E-state index in [0.717, 1.165) is 9.09 Å². The highest BCUT2D eigenvalue weighted by atomic mass is 32.1. The molecule has 0 radical (unpaired) electrons. The summed E-state index contributed by atoms with van der Waals surface area (Å²) < 4.78 is 0.741. The molecule has 1 rings (SSSR count). The topological polar surface area (TPSA) is 31.9 Å². The summed E-state index contributed by atoms with van der Waals surface area (Å²) in [5, 5.41) is 7.90. The maximum absolute atomic E-state index is 4.98. The van der Waals surface area contributed by atoms with E-state index in [2.05, 4.69) is 36.0 Å². The maximum atomic E-state index is 4.98. The van der Waals surface area contributed by atoms with Gasteiger partial charge >= 0.3 is 0 Å². The lowest BCUT2D eigenvalue weighted by Crippen LogP contribution is -2.28. The number of anilines is 1. The standard InChI is InChI=1S/C8H15N3S2/c1-4-5-6(2)11(3)7-9-10-8(12)13-7/h6H,4-5H2,1-3H3,(H,10,12). The predicted octanol–water partition coefficient (Wildman–Crippen LogP) is 2.83. The minimum Gasteiger partial charge on any atom is -0.347 e. The Labute approximate surface area is 87.8 Å². The van der Waals surface area contributed by atoms with E-state index >= 15 is 0 Å². The van der Waals surface area contributed by atoms with Gasteiger partial charge in [-0.05, 0) is 25.6 Å². The van der Waals surface area contributed by atoms with E-state index in [9.17, 15) is 0 Å². The quantitative estimate of drug-likeness (QED) is 0.787. The first-order valence-electron chi connectivity index (χ1n) is 4.43. The summed E-state index contributed by atoms with van der Waals surface area (Å²) in [4.78, 5) is 2.17. The zero-order valence-corrected chi connectivity index (χ0v) is 9.84. The molecule has 0 saturated heterocycles. The van der Waals surface area contributed by atoms with Crippen LogP contribution in [0.25, 0.3) is 0 Å². The Hall–Kier alpha value is -0.420. The van der Waals surface area contributed by atoms with Gasteiger partial charge in [-0.15, -0.1) is 5.10 Å². The van der Waals surface area contributed by atoms with Gasteiger partial charge < -0.3 is 4.90 Å². The fraction of sp³-hybridized carbons (Fsp3) is 0.750. The van der Waals surface area contributed by atoms with E-state index < -0.39 is 0 Å². The van der Waals surface area contributed by atoms with Crippen LogP contribution in [0.1, 0.15) is 26.7 Å². The molecule has 74 valence electrons. The van der Waals surface area contributed by atoms with Crippen molar-refractivity contribution in [3.63, 3.8) is 0 Å². The normalized spacial score (nSPS) is 12.8. The van der Waals surface area contributed by atoms with Crippen molar-refractivity contribution in [3.8, 4) is 0 Å². The van der Waals surface area contributed by atoms with E-state index in [1.165, 1.54) is 24.2 Å². The SMILES string of the molecule is CCCC(C)N(C)c1n[nH]c(=S)s1. The minimum atomic E-state index is 0.527. The summed E-state index contributed by atoms with van der Waals surface area (Å²) >= 11 is 6.50. The van der Waals surface area contributed by atoms with Crippen molar-refractivity contribution < 1.29 is 0 Å². The minimum absolute atomic E-state index is 0.527. The van der Waals surface area contributed by atoms with Crippen molar-refractivity contribution in [2.24, 2.45) is 0 Å². The molecule has 0 aliphatic rings. The van der Waals surface area contributed by atoms with Crippen molar-refractivity contribution in [1.82, 2.24) is 10.2 Å². The van der Waals surface area contributed by atoms with Gasteiger partial charge in [0.15, 0.2) is 3.95 Å². The Bertz CT molecular complexity index is 304. The van der Waals surface area contributed by atoms with Gasteiger partial charge in [0, 0.05) is 13.1 Å². The molecule has 1 heterocycles. The first-order chi connectivity index (χ1) is 6.15. The highest BCUT2D eigenvalue weighted by molar-refractivity contribution is 7.73. The van der Waals surface area contributed by atoms with Crippen LogP contribution in [0.15, 0.2) is 0 Å². The van der Waals surface area contributed by atoms with E-state index in [0.29, 0.717) is 6.04 Å². The summed E-state index contributed by atoms with van der Waals surface area (Å²) in [5.41, 5.74) is 0. The van der Waals surface area contributed by atoms with Crippen LogP contribution in [0.2, 0.25) is 0 Å². The lowest BCUT2D eigenvalue weighted by Gasteiger charge is -2.22. The van der Waals surface area contributed by atoms with Crippen molar-refractivity contribution in [2.45, 2.75) is 32.7 Å². The van der Waals surface area contributed by atoms with Gasteiger partial charge in [-0.2, -0.15) is 0 Å². The number of hydrogen-bond acceptors (Lipinski definition) is 4. The van der Waals surface area contributed by atoms with Crippen LogP contribution in [0.4, 0.5) is 5.13 Å². The molecule has 0 spiro atoms. The number of nitrogens with one attached hydrogen (secondary N) is 1. The van der Waals surface area contributed by atoms with Crippen LogP contribution in [0.5, 0.6) is 0 Å². The molecule has 0 amide bonds. The number of rotatable bonds is 4. The number of H-pyrrole nitrogens is 1. The second-order valence-electron chi connectivity index (χ2n) is 3.14. The summed E-state index contributed by atoms with van der Waals surface area (Å²) in [7, 11) is 2.06. The van der Waals surface area contributed by atoms with Gasteiger partial charge in [0.25, 0.3) is 0 Å². The summed E-state index contributed by atoms with van der Waals surface area (Å²) in [6, 6.07) is 0.527. The van der Waals surface area contributed by atoms with Crippen LogP contribution in [0.3, 0.4) is 0 Å². The third-order valence-corrected chi connectivity index (χ3v) is 3.28. The zero-order valence-electron chi connectivity index (χ0n) is 8.20. The molecular weight excluding hydrogens is 202 g/mol. The Morgan fingerprint density at radius 2 is 2.38 bits per heavy atom. The first kappa shape index (κ1) is 10.7. The van der Waals surface area contributed by atoms with Crippen molar-refractivity contribution >= 4 is 28.7 Å². The number of aromatic nitrogens is 2. The highest BCUT2D eigenvalue weighted by Crippen LogP contribution is 2.19. The van der Waals surface area contributed by atoms with Crippen molar-refractivity contribution in [1.29, 1.82) is 0 Å². The monoisotopic (exact) mass is 217 g/mol. The molecule has 1 aromatic heterocycles. The molecule has 1 atom stereocenters. The maximum Gasteiger partial charge on any atom is 0.206 e. The molecule has 1 N–H and O–H groups in total. The molecule has 0 aliphatic heterocycles. The zero-order chi connectivity index (χ0) is 9.84. The van der Waals surface area contributed by atoms with E-state index in [1.54, 1.807) is 0 Å². The molecule has 1 aromatic rings. The van der Waals surface area contributed by atoms with Gasteiger partial charge in [0.05, 0.1) is 0 Å². The molecule has 0 fully saturated rings. The average Bonchev–Trinajstić information content (AvgIpc) is 2.51. The van der Waals surface area contributed by atoms with Gasteiger partial charge in [-0.1, -0.05) is 24.7 Å². The molecule has 0 aliphatic carbocycles. The van der Waals surface area contributed by atoms with Gasteiger partial charge in [-0.25, -0.2) is 0 Å². The second-order valence-corrected chi connectivity index (χ2v) is 4.79. The van der Waals surface area contributed by atoms with E-state index in [1.807, 2.05) is 0 Å². The van der Waals surface area contributed by atoms with Gasteiger partial charge in [-0.3, -0.25) is 5.10 Å². The Kier molecular flexibility index (Phi) is 3.87. The fourth-order valence-corrected chi connectivity index (χ4v) is 2.11. The largest absolute Gasteiger partial charge is 0.347 e. The first-order valence-corrected chi connectivity index (χ1v) is 5.66. The summed E-state index contributed by atoms with van der Waals surface area (Å²) in [6.07, 6.45) is 2.38. The molecule has 0 aromatic carbocycles. The summed E-state index contributed by atoms with van der Waals surface area (Å²) in [5.74, 6) is 0. The van der Waals surface area contributed by atoms with Crippen LogP contribution in [0, 0.1) is 3.95 Å². The third kappa shape index (κ3) is 2.77. The number of nitrogens with zero attached hydrogens (tertiary/aromatic N) is 2.